The molecule has 0 saturated heterocycles. The molecular weight excluding hydrogens is 452 g/mol. The normalized spacial score (nSPS) is 20.8. The lowest BCUT2D eigenvalue weighted by Gasteiger charge is -2.22. The Morgan fingerprint density at radius 2 is 1.03 bits per heavy atom. The summed E-state index contributed by atoms with van der Waals surface area (Å²) < 4.78 is 10.8. The van der Waals surface area contributed by atoms with Crippen LogP contribution >= 0.6 is 22.7 Å². The van der Waals surface area contributed by atoms with Gasteiger partial charge in [-0.05, 0) is 36.1 Å². The van der Waals surface area contributed by atoms with Crippen molar-refractivity contribution >= 4 is 46.4 Å². The van der Waals surface area contributed by atoms with Gasteiger partial charge in [0.1, 0.15) is 23.0 Å². The van der Waals surface area contributed by atoms with Crippen LogP contribution in [0.5, 0.6) is 0 Å². The highest BCUT2D eigenvalue weighted by molar-refractivity contribution is 7.16. The molecule has 2 amide bonds. The second kappa shape index (κ2) is 10.3. The topological polar surface area (TPSA) is 111 Å². The summed E-state index contributed by atoms with van der Waals surface area (Å²) in [5, 5.41) is 5.75. The van der Waals surface area contributed by atoms with Gasteiger partial charge in [-0.1, -0.05) is 27.7 Å². The Kier molecular flexibility index (Phi) is 7.68. The van der Waals surface area contributed by atoms with Gasteiger partial charge in [0.2, 0.25) is 0 Å². The zero-order valence-corrected chi connectivity index (χ0v) is 19.9. The Bertz CT molecular complexity index is 935. The van der Waals surface area contributed by atoms with Crippen LogP contribution in [0.15, 0.2) is 24.3 Å². The molecule has 1 aliphatic rings. The van der Waals surface area contributed by atoms with Gasteiger partial charge in [-0.15, -0.1) is 22.7 Å². The summed E-state index contributed by atoms with van der Waals surface area (Å²) in [4.78, 5) is 51.6. The largest absolute Gasteiger partial charge is 0.459 e. The standard InChI is InChI=1S/C22H26N2O6S2/c1-11(2)13-9-29-21(27)17-7-8-18(32-17)22(28)30-10-14(12(3)4)24-20(26)16-6-5-15(31-16)19(25)23-13/h5-8,11-14H,9-10H2,1-4H3,(H,23,25)(H,24,26)/t13-,14-/m1/s1. The first kappa shape index (κ1) is 23.9. The van der Waals surface area contributed by atoms with Crippen LogP contribution < -0.4 is 10.6 Å². The molecular formula is C22H26N2O6S2. The molecule has 0 radical (unpaired) electrons. The van der Waals surface area contributed by atoms with E-state index in [9.17, 15) is 19.2 Å². The molecule has 2 N–H and O–H groups in total. The molecule has 0 aromatic carbocycles. The molecule has 8 nitrogen and oxygen atoms in total. The van der Waals surface area contributed by atoms with Crippen LogP contribution in [0, 0.1) is 11.8 Å². The van der Waals surface area contributed by atoms with Crippen molar-refractivity contribution in [2.45, 2.75) is 39.8 Å². The number of amides is 2. The molecule has 0 saturated carbocycles. The van der Waals surface area contributed by atoms with Gasteiger partial charge in [-0.25, -0.2) is 9.59 Å². The first-order chi connectivity index (χ1) is 15.2. The summed E-state index contributed by atoms with van der Waals surface area (Å²) in [6.07, 6.45) is 0. The van der Waals surface area contributed by atoms with Crippen LogP contribution in [-0.4, -0.2) is 49.1 Å². The smallest absolute Gasteiger partial charge is 0.348 e. The summed E-state index contributed by atoms with van der Waals surface area (Å²) >= 11 is 2.05. The van der Waals surface area contributed by atoms with E-state index in [1.165, 1.54) is 12.1 Å². The maximum atomic E-state index is 12.7. The Morgan fingerprint density at radius 1 is 0.688 bits per heavy atom. The van der Waals surface area contributed by atoms with Crippen molar-refractivity contribution in [1.82, 2.24) is 10.6 Å². The van der Waals surface area contributed by atoms with Crippen molar-refractivity contribution in [3.8, 4) is 0 Å². The number of carbonyl (C=O) groups excluding carboxylic acids is 4. The SMILES string of the molecule is CC(C)[C@H]1COC(=O)c2ccc(s2)C(=O)OC[C@H](C(C)C)NC(=O)c2ccc(s2)C(=O)N1. The number of thiophene rings is 2. The molecule has 3 heterocycles. The molecule has 2 aromatic rings. The minimum Gasteiger partial charge on any atom is -0.459 e. The zero-order valence-electron chi connectivity index (χ0n) is 18.3. The number of esters is 2. The molecule has 3 rings (SSSR count). The van der Waals surface area contributed by atoms with E-state index in [4.69, 9.17) is 9.47 Å². The van der Waals surface area contributed by atoms with Gasteiger partial charge in [0.05, 0.1) is 21.8 Å². The molecule has 2 aromatic heterocycles. The highest BCUT2D eigenvalue weighted by atomic mass is 32.1. The molecule has 2 atom stereocenters. The van der Waals surface area contributed by atoms with Crippen LogP contribution in [-0.2, 0) is 9.47 Å². The monoisotopic (exact) mass is 478 g/mol. The minimum atomic E-state index is -0.569. The van der Waals surface area contributed by atoms with Gasteiger partial charge in [0, 0.05) is 0 Å². The van der Waals surface area contributed by atoms with Gasteiger partial charge < -0.3 is 20.1 Å². The fourth-order valence-corrected chi connectivity index (χ4v) is 4.50. The lowest BCUT2D eigenvalue weighted by molar-refractivity contribution is 0.0434. The first-order valence-corrected chi connectivity index (χ1v) is 11.9. The third-order valence-corrected chi connectivity index (χ3v) is 7.22. The van der Waals surface area contributed by atoms with E-state index in [-0.39, 0.29) is 46.6 Å². The van der Waals surface area contributed by atoms with Gasteiger partial charge in [-0.2, -0.15) is 0 Å². The summed E-state index contributed by atoms with van der Waals surface area (Å²) in [5.74, 6) is -1.81. The molecule has 32 heavy (non-hydrogen) atoms. The van der Waals surface area contributed by atoms with Gasteiger partial charge >= 0.3 is 11.9 Å². The van der Waals surface area contributed by atoms with Crippen molar-refractivity contribution in [3.05, 3.63) is 43.8 Å². The number of carbonyl (C=O) groups is 4. The molecule has 0 spiro atoms. The predicted molar refractivity (Wildman–Crippen MR) is 121 cm³/mol. The Hall–Kier alpha value is -2.72. The highest BCUT2D eigenvalue weighted by Gasteiger charge is 2.25. The second-order valence-electron chi connectivity index (χ2n) is 8.17. The molecule has 0 unspecified atom stereocenters. The quantitative estimate of drug-likeness (QED) is 0.641. The molecule has 0 fully saturated rings. The Labute approximate surface area is 194 Å². The van der Waals surface area contributed by atoms with Crippen LogP contribution in [0.4, 0.5) is 0 Å². The molecule has 1 aliphatic heterocycles. The summed E-state index contributed by atoms with van der Waals surface area (Å²) in [6, 6.07) is 5.36. The molecule has 10 heteroatoms. The number of fused-ring (bicyclic) bond motifs is 4. The average molecular weight is 479 g/mol. The molecule has 4 bridgehead atoms. The lowest BCUT2D eigenvalue weighted by Crippen LogP contribution is -2.42. The van der Waals surface area contributed by atoms with E-state index >= 15 is 0 Å². The summed E-state index contributed by atoms with van der Waals surface area (Å²) in [6.45, 7) is 7.59. The minimum absolute atomic E-state index is 0.000696. The number of nitrogens with one attached hydrogen (secondary N) is 2. The van der Waals surface area contributed by atoms with E-state index in [0.717, 1.165) is 22.7 Å². The van der Waals surface area contributed by atoms with Crippen LogP contribution in [0.1, 0.15) is 66.4 Å². The molecule has 0 aliphatic carbocycles. The van der Waals surface area contributed by atoms with Gasteiger partial charge in [0.25, 0.3) is 11.8 Å². The average Bonchev–Trinajstić information content (AvgIpc) is 3.42. The maximum absolute atomic E-state index is 12.7. The van der Waals surface area contributed by atoms with E-state index in [0.29, 0.717) is 9.75 Å². The fraction of sp³-hybridized carbons (Fsp3) is 0.455. The third-order valence-electron chi connectivity index (χ3n) is 5.09. The summed E-state index contributed by atoms with van der Waals surface area (Å²) in [7, 11) is 0. The lowest BCUT2D eigenvalue weighted by atomic mass is 10.1. The number of ether oxygens (including phenoxy) is 2. The van der Waals surface area contributed by atoms with E-state index in [1.807, 2.05) is 27.7 Å². The molecule has 172 valence electrons. The van der Waals surface area contributed by atoms with E-state index in [1.54, 1.807) is 12.1 Å². The maximum Gasteiger partial charge on any atom is 0.348 e. The fourth-order valence-electron chi connectivity index (χ4n) is 2.89. The first-order valence-electron chi connectivity index (χ1n) is 10.3. The van der Waals surface area contributed by atoms with Gasteiger partial charge in [-0.3, -0.25) is 9.59 Å². The van der Waals surface area contributed by atoms with Crippen molar-refractivity contribution in [2.75, 3.05) is 13.2 Å². The second-order valence-corrected chi connectivity index (χ2v) is 10.3. The van der Waals surface area contributed by atoms with Crippen LogP contribution in [0.3, 0.4) is 0 Å². The van der Waals surface area contributed by atoms with Crippen molar-refractivity contribution in [1.29, 1.82) is 0 Å². The van der Waals surface area contributed by atoms with Crippen molar-refractivity contribution in [3.63, 3.8) is 0 Å². The van der Waals surface area contributed by atoms with E-state index in [2.05, 4.69) is 10.6 Å². The van der Waals surface area contributed by atoms with Crippen LogP contribution in [0.2, 0.25) is 0 Å². The number of hydrogen-bond acceptors (Lipinski definition) is 8. The van der Waals surface area contributed by atoms with Crippen molar-refractivity contribution in [2.24, 2.45) is 11.8 Å². The number of rotatable bonds is 2. The predicted octanol–water partition coefficient (Wildman–Crippen LogP) is 3.35. The Morgan fingerprint density at radius 3 is 1.41 bits per heavy atom. The zero-order chi connectivity index (χ0) is 23.4. The van der Waals surface area contributed by atoms with E-state index < -0.39 is 24.0 Å². The third kappa shape index (κ3) is 5.74. The summed E-state index contributed by atoms with van der Waals surface area (Å²) in [5.41, 5.74) is 0. The Balaban J connectivity index is 1.89. The van der Waals surface area contributed by atoms with Crippen molar-refractivity contribution < 1.29 is 28.7 Å². The number of hydrogen-bond donors (Lipinski definition) is 2. The highest BCUT2D eigenvalue weighted by Crippen LogP contribution is 2.21. The number of cyclic esters (lactones) is 2. The van der Waals surface area contributed by atoms with Gasteiger partial charge in [0.15, 0.2) is 0 Å². The van der Waals surface area contributed by atoms with Crippen LogP contribution in [0.25, 0.3) is 0 Å².